The largest absolute Gasteiger partial charge is 0.481 e. The first-order valence-electron chi connectivity index (χ1n) is 5.27. The van der Waals surface area contributed by atoms with Gasteiger partial charge in [-0.1, -0.05) is 6.07 Å². The highest BCUT2D eigenvalue weighted by molar-refractivity contribution is 5.71. The molecule has 0 bridgehead atoms. The Kier molecular flexibility index (Phi) is 2.33. The summed E-state index contributed by atoms with van der Waals surface area (Å²) in [7, 11) is 1.61. The molecule has 2 aromatic rings. The van der Waals surface area contributed by atoms with Crippen LogP contribution in [0.3, 0.4) is 0 Å². The van der Waals surface area contributed by atoms with Gasteiger partial charge in [0.2, 0.25) is 12.7 Å². The zero-order valence-corrected chi connectivity index (χ0v) is 9.34. The van der Waals surface area contributed by atoms with Crippen LogP contribution in [0.4, 0.5) is 0 Å². The molecule has 1 aliphatic rings. The van der Waals surface area contributed by atoms with Gasteiger partial charge in [-0.2, -0.15) is 0 Å². The topological polar surface area (TPSA) is 40.6 Å². The van der Waals surface area contributed by atoms with Gasteiger partial charge in [0.05, 0.1) is 7.11 Å². The summed E-state index contributed by atoms with van der Waals surface area (Å²) in [6.45, 7) is 0.281. The number of hydrogen-bond acceptors (Lipinski definition) is 4. The lowest BCUT2D eigenvalue weighted by atomic mass is 10.1. The fourth-order valence-corrected chi connectivity index (χ4v) is 1.84. The molecule has 0 fully saturated rings. The van der Waals surface area contributed by atoms with Gasteiger partial charge in [0, 0.05) is 11.8 Å². The lowest BCUT2D eigenvalue weighted by Gasteiger charge is -2.07. The summed E-state index contributed by atoms with van der Waals surface area (Å²) in [6.07, 6.45) is 1.70. The van der Waals surface area contributed by atoms with Crippen molar-refractivity contribution in [3.63, 3.8) is 0 Å². The van der Waals surface area contributed by atoms with Crippen molar-refractivity contribution in [3.8, 4) is 28.5 Å². The molecule has 0 aliphatic carbocycles. The van der Waals surface area contributed by atoms with Crippen molar-refractivity contribution in [2.75, 3.05) is 13.9 Å². The maximum Gasteiger partial charge on any atom is 0.231 e. The van der Waals surface area contributed by atoms with Gasteiger partial charge in [-0.3, -0.25) is 0 Å². The molecule has 3 rings (SSSR count). The van der Waals surface area contributed by atoms with Gasteiger partial charge >= 0.3 is 0 Å². The van der Waals surface area contributed by atoms with Crippen molar-refractivity contribution < 1.29 is 14.2 Å². The molecule has 17 heavy (non-hydrogen) atoms. The monoisotopic (exact) mass is 229 g/mol. The lowest BCUT2D eigenvalue weighted by Crippen LogP contribution is -1.93. The fourth-order valence-electron chi connectivity index (χ4n) is 1.84. The Morgan fingerprint density at radius 2 is 2.06 bits per heavy atom. The highest BCUT2D eigenvalue weighted by Gasteiger charge is 2.15. The molecule has 0 radical (unpaired) electrons. The number of hydrogen-bond donors (Lipinski definition) is 0. The van der Waals surface area contributed by atoms with E-state index in [0.29, 0.717) is 5.88 Å². The molecule has 4 heteroatoms. The second-order valence-electron chi connectivity index (χ2n) is 3.63. The number of nitrogens with zero attached hydrogens (tertiary/aromatic N) is 1. The Balaban J connectivity index is 2.09. The van der Waals surface area contributed by atoms with Crippen LogP contribution in [0.2, 0.25) is 0 Å². The molecule has 0 saturated heterocycles. The summed E-state index contributed by atoms with van der Waals surface area (Å²) in [5.41, 5.74) is 1.94. The normalized spacial score (nSPS) is 12.5. The van der Waals surface area contributed by atoms with Crippen LogP contribution in [0, 0.1) is 0 Å². The lowest BCUT2D eigenvalue weighted by molar-refractivity contribution is 0.174. The van der Waals surface area contributed by atoms with E-state index in [9.17, 15) is 0 Å². The van der Waals surface area contributed by atoms with E-state index in [4.69, 9.17) is 14.2 Å². The molecule has 86 valence electrons. The first kappa shape index (κ1) is 9.96. The van der Waals surface area contributed by atoms with Crippen LogP contribution >= 0.6 is 0 Å². The Hall–Kier alpha value is -2.23. The van der Waals surface area contributed by atoms with E-state index in [1.165, 1.54) is 0 Å². The summed E-state index contributed by atoms with van der Waals surface area (Å²) in [5, 5.41) is 0. The van der Waals surface area contributed by atoms with Crippen molar-refractivity contribution >= 4 is 0 Å². The molecule has 0 saturated carbocycles. The van der Waals surface area contributed by atoms with Crippen LogP contribution in [0.1, 0.15) is 0 Å². The second-order valence-corrected chi connectivity index (χ2v) is 3.63. The van der Waals surface area contributed by atoms with Gasteiger partial charge in [-0.15, -0.1) is 0 Å². The molecule has 0 spiro atoms. The van der Waals surface area contributed by atoms with E-state index < -0.39 is 0 Å². The molecule has 2 heterocycles. The van der Waals surface area contributed by atoms with Crippen molar-refractivity contribution in [1.29, 1.82) is 0 Å². The predicted molar refractivity (Wildman–Crippen MR) is 62.3 cm³/mol. The molecular weight excluding hydrogens is 218 g/mol. The summed E-state index contributed by atoms with van der Waals surface area (Å²) in [6, 6.07) is 9.63. The van der Waals surface area contributed by atoms with E-state index in [1.807, 2.05) is 30.3 Å². The molecule has 0 atom stereocenters. The van der Waals surface area contributed by atoms with Gasteiger partial charge in [-0.05, 0) is 29.8 Å². The minimum absolute atomic E-state index is 0.281. The number of aromatic nitrogens is 1. The summed E-state index contributed by atoms with van der Waals surface area (Å²) < 4.78 is 15.9. The van der Waals surface area contributed by atoms with Gasteiger partial charge in [0.25, 0.3) is 0 Å². The zero-order chi connectivity index (χ0) is 11.7. The summed E-state index contributed by atoms with van der Waals surface area (Å²) in [4.78, 5) is 4.17. The molecule has 1 aromatic heterocycles. The predicted octanol–water partition coefficient (Wildman–Crippen LogP) is 2.49. The maximum atomic E-state index is 5.35. The molecule has 0 N–H and O–H groups in total. The van der Waals surface area contributed by atoms with Crippen molar-refractivity contribution in [1.82, 2.24) is 4.98 Å². The molecule has 4 nitrogen and oxygen atoms in total. The van der Waals surface area contributed by atoms with Gasteiger partial charge in [0.1, 0.15) is 0 Å². The van der Waals surface area contributed by atoms with Crippen LogP contribution < -0.4 is 14.2 Å². The number of fused-ring (bicyclic) bond motifs is 1. The molecule has 1 aromatic carbocycles. The number of rotatable bonds is 2. The van der Waals surface area contributed by atoms with Crippen LogP contribution in [-0.2, 0) is 0 Å². The maximum absolute atomic E-state index is 5.35. The minimum atomic E-state index is 0.281. The van der Waals surface area contributed by atoms with Crippen LogP contribution in [0.15, 0.2) is 36.5 Å². The van der Waals surface area contributed by atoms with Crippen LogP contribution in [-0.4, -0.2) is 18.9 Å². The van der Waals surface area contributed by atoms with Crippen molar-refractivity contribution in [2.45, 2.75) is 0 Å². The highest BCUT2D eigenvalue weighted by atomic mass is 16.7. The van der Waals surface area contributed by atoms with Crippen LogP contribution in [0.25, 0.3) is 11.1 Å². The SMILES string of the molecule is COc1ncccc1-c1ccc2c(c1)OCO2. The van der Waals surface area contributed by atoms with Gasteiger partial charge in [-0.25, -0.2) is 4.98 Å². The number of pyridine rings is 1. The molecular formula is C13H11NO3. The minimum Gasteiger partial charge on any atom is -0.481 e. The number of methoxy groups -OCH3 is 1. The fraction of sp³-hybridized carbons (Fsp3) is 0.154. The quantitative estimate of drug-likeness (QED) is 0.793. The molecule has 1 aliphatic heterocycles. The van der Waals surface area contributed by atoms with E-state index >= 15 is 0 Å². The average molecular weight is 229 g/mol. The average Bonchev–Trinajstić information content (AvgIpc) is 2.85. The van der Waals surface area contributed by atoms with Gasteiger partial charge < -0.3 is 14.2 Å². The first-order chi connectivity index (χ1) is 8.38. The van der Waals surface area contributed by atoms with Crippen molar-refractivity contribution in [3.05, 3.63) is 36.5 Å². The van der Waals surface area contributed by atoms with E-state index in [0.717, 1.165) is 22.6 Å². The van der Waals surface area contributed by atoms with E-state index in [2.05, 4.69) is 4.98 Å². The number of benzene rings is 1. The summed E-state index contributed by atoms with van der Waals surface area (Å²) >= 11 is 0. The Bertz CT molecular complexity index is 554. The van der Waals surface area contributed by atoms with Crippen LogP contribution in [0.5, 0.6) is 17.4 Å². The highest BCUT2D eigenvalue weighted by Crippen LogP contribution is 2.37. The zero-order valence-electron chi connectivity index (χ0n) is 9.34. The van der Waals surface area contributed by atoms with Crippen molar-refractivity contribution in [2.24, 2.45) is 0 Å². The smallest absolute Gasteiger partial charge is 0.231 e. The van der Waals surface area contributed by atoms with Gasteiger partial charge in [0.15, 0.2) is 11.5 Å². The Morgan fingerprint density at radius 1 is 1.18 bits per heavy atom. The van der Waals surface area contributed by atoms with E-state index in [-0.39, 0.29) is 6.79 Å². The Labute approximate surface area is 98.8 Å². The van der Waals surface area contributed by atoms with E-state index in [1.54, 1.807) is 13.3 Å². The standard InChI is InChI=1S/C13H11NO3/c1-15-13-10(3-2-6-14-13)9-4-5-11-12(7-9)17-8-16-11/h2-7H,8H2,1H3. The Morgan fingerprint density at radius 3 is 2.94 bits per heavy atom. The third kappa shape index (κ3) is 1.67. The molecule has 0 amide bonds. The molecule has 0 unspecified atom stereocenters. The summed E-state index contributed by atoms with van der Waals surface area (Å²) in [5.74, 6) is 2.14. The second kappa shape index (κ2) is 3.97. The first-order valence-corrected chi connectivity index (χ1v) is 5.27. The third-order valence-corrected chi connectivity index (χ3v) is 2.65. The third-order valence-electron chi connectivity index (χ3n) is 2.65. The number of ether oxygens (including phenoxy) is 3.